The van der Waals surface area contributed by atoms with E-state index in [1.54, 1.807) is 24.3 Å². The maximum Gasteiger partial charge on any atom is 0.270 e. The zero-order valence-electron chi connectivity index (χ0n) is 9.13. The SMILES string of the molecule is FC(F)=Cc1cccc2cccc(C=C(F)F)c12. The van der Waals surface area contributed by atoms with Crippen molar-refractivity contribution >= 4 is 22.9 Å². The van der Waals surface area contributed by atoms with Crippen molar-refractivity contribution in [2.45, 2.75) is 0 Å². The van der Waals surface area contributed by atoms with Crippen LogP contribution in [0.5, 0.6) is 0 Å². The molecule has 0 aliphatic rings. The van der Waals surface area contributed by atoms with E-state index in [0.717, 1.165) is 0 Å². The Kier molecular flexibility index (Phi) is 3.46. The molecule has 0 spiro atoms. The lowest BCUT2D eigenvalue weighted by Gasteiger charge is -2.05. The summed E-state index contributed by atoms with van der Waals surface area (Å²) < 4.78 is 49.4. The third kappa shape index (κ3) is 2.59. The van der Waals surface area contributed by atoms with Gasteiger partial charge in [0.05, 0.1) is 0 Å². The molecule has 0 atom stereocenters. The molecule has 0 nitrogen and oxygen atoms in total. The molecular weight excluding hydrogens is 244 g/mol. The van der Waals surface area contributed by atoms with Crippen LogP contribution in [0.2, 0.25) is 0 Å². The van der Waals surface area contributed by atoms with Gasteiger partial charge >= 0.3 is 0 Å². The van der Waals surface area contributed by atoms with Crippen molar-refractivity contribution in [3.8, 4) is 0 Å². The predicted molar refractivity (Wildman–Crippen MR) is 64.3 cm³/mol. The third-order valence-electron chi connectivity index (χ3n) is 2.50. The first-order valence-corrected chi connectivity index (χ1v) is 5.15. The molecule has 92 valence electrons. The quantitative estimate of drug-likeness (QED) is 0.635. The van der Waals surface area contributed by atoms with E-state index in [4.69, 9.17) is 0 Å². The second-order valence-electron chi connectivity index (χ2n) is 3.66. The highest BCUT2D eigenvalue weighted by atomic mass is 19.3. The van der Waals surface area contributed by atoms with Crippen LogP contribution in [0.3, 0.4) is 0 Å². The number of hydrogen-bond donors (Lipinski definition) is 0. The number of fused-ring (bicyclic) bond motifs is 1. The number of halogens is 4. The van der Waals surface area contributed by atoms with E-state index in [1.807, 2.05) is 0 Å². The molecular formula is C14H8F4. The standard InChI is InChI=1S/C14H8F4/c15-12(16)7-10-5-1-3-9-4-2-6-11(14(9)10)8-13(17)18/h1-8H. The van der Waals surface area contributed by atoms with Gasteiger partial charge < -0.3 is 0 Å². The van der Waals surface area contributed by atoms with Crippen molar-refractivity contribution in [1.82, 2.24) is 0 Å². The number of hydrogen-bond acceptors (Lipinski definition) is 0. The summed E-state index contributed by atoms with van der Waals surface area (Å²) in [6, 6.07) is 9.53. The summed E-state index contributed by atoms with van der Waals surface area (Å²) in [5, 5.41) is 1.03. The Labute approximate surface area is 101 Å². The Morgan fingerprint density at radius 2 is 1.17 bits per heavy atom. The van der Waals surface area contributed by atoms with Gasteiger partial charge in [-0.1, -0.05) is 36.4 Å². The Morgan fingerprint density at radius 1 is 0.722 bits per heavy atom. The molecule has 4 heteroatoms. The predicted octanol–water partition coefficient (Wildman–Crippen LogP) is 5.31. The van der Waals surface area contributed by atoms with E-state index in [0.29, 0.717) is 22.9 Å². The van der Waals surface area contributed by atoms with E-state index in [-0.39, 0.29) is 11.1 Å². The molecule has 2 rings (SSSR count). The van der Waals surface area contributed by atoms with Crippen LogP contribution in [0.1, 0.15) is 11.1 Å². The van der Waals surface area contributed by atoms with Crippen molar-refractivity contribution in [1.29, 1.82) is 0 Å². The molecule has 0 bridgehead atoms. The van der Waals surface area contributed by atoms with Gasteiger partial charge in [-0.2, -0.15) is 17.6 Å². The highest BCUT2D eigenvalue weighted by molar-refractivity contribution is 5.97. The van der Waals surface area contributed by atoms with Gasteiger partial charge in [-0.15, -0.1) is 0 Å². The highest BCUT2D eigenvalue weighted by Crippen LogP contribution is 2.27. The van der Waals surface area contributed by atoms with Crippen molar-refractivity contribution in [2.75, 3.05) is 0 Å². The zero-order valence-corrected chi connectivity index (χ0v) is 9.13. The summed E-state index contributed by atoms with van der Waals surface area (Å²) in [4.78, 5) is 0. The normalized spacial score (nSPS) is 10.2. The molecule has 0 saturated carbocycles. The first-order valence-electron chi connectivity index (χ1n) is 5.15. The average Bonchev–Trinajstić information content (AvgIpc) is 2.27. The second kappa shape index (κ2) is 5.04. The van der Waals surface area contributed by atoms with Crippen LogP contribution < -0.4 is 0 Å². The smallest absolute Gasteiger partial charge is 0.173 e. The molecule has 0 unspecified atom stereocenters. The molecule has 0 radical (unpaired) electrons. The van der Waals surface area contributed by atoms with E-state index >= 15 is 0 Å². The summed E-state index contributed by atoms with van der Waals surface area (Å²) in [5.41, 5.74) is 0.446. The third-order valence-corrected chi connectivity index (χ3v) is 2.50. The second-order valence-corrected chi connectivity index (χ2v) is 3.66. The fourth-order valence-electron chi connectivity index (χ4n) is 1.88. The highest BCUT2D eigenvalue weighted by Gasteiger charge is 2.05. The molecule has 0 aliphatic heterocycles. The average molecular weight is 252 g/mol. The fourth-order valence-corrected chi connectivity index (χ4v) is 1.88. The van der Waals surface area contributed by atoms with Crippen LogP contribution in [0.25, 0.3) is 22.9 Å². The van der Waals surface area contributed by atoms with Crippen molar-refractivity contribution in [3.05, 3.63) is 59.7 Å². The molecule has 0 heterocycles. The van der Waals surface area contributed by atoms with Crippen LogP contribution in [0, 0.1) is 0 Å². The van der Waals surface area contributed by atoms with Gasteiger partial charge in [0.15, 0.2) is 0 Å². The summed E-state index contributed by atoms with van der Waals surface area (Å²) in [6.45, 7) is 0. The van der Waals surface area contributed by atoms with E-state index in [2.05, 4.69) is 0 Å². The van der Waals surface area contributed by atoms with E-state index in [1.165, 1.54) is 12.1 Å². The Bertz CT molecular complexity index is 581. The topological polar surface area (TPSA) is 0 Å². The molecule has 2 aromatic carbocycles. The Balaban J connectivity index is 2.80. The van der Waals surface area contributed by atoms with Crippen LogP contribution in [0.15, 0.2) is 48.6 Å². The number of rotatable bonds is 2. The lowest BCUT2D eigenvalue weighted by molar-refractivity contribution is 0.429. The Morgan fingerprint density at radius 3 is 1.56 bits per heavy atom. The first-order chi connectivity index (χ1) is 8.58. The maximum atomic E-state index is 12.3. The molecule has 0 fully saturated rings. The number of benzene rings is 2. The molecule has 18 heavy (non-hydrogen) atoms. The summed E-state index contributed by atoms with van der Waals surface area (Å²) in [5.74, 6) is 0. The van der Waals surface area contributed by atoms with E-state index in [9.17, 15) is 17.6 Å². The summed E-state index contributed by atoms with van der Waals surface area (Å²) >= 11 is 0. The first kappa shape index (κ1) is 12.4. The van der Waals surface area contributed by atoms with Crippen LogP contribution in [-0.4, -0.2) is 0 Å². The van der Waals surface area contributed by atoms with Gasteiger partial charge in [0.25, 0.3) is 12.2 Å². The molecule has 0 aliphatic carbocycles. The maximum absolute atomic E-state index is 12.3. The summed E-state index contributed by atoms with van der Waals surface area (Å²) in [7, 11) is 0. The van der Waals surface area contributed by atoms with Crippen molar-refractivity contribution in [2.24, 2.45) is 0 Å². The van der Waals surface area contributed by atoms with Gasteiger partial charge in [-0.3, -0.25) is 0 Å². The van der Waals surface area contributed by atoms with Gasteiger partial charge in [-0.25, -0.2) is 0 Å². The van der Waals surface area contributed by atoms with Gasteiger partial charge in [-0.05, 0) is 21.9 Å². The van der Waals surface area contributed by atoms with Crippen LogP contribution >= 0.6 is 0 Å². The fraction of sp³-hybridized carbons (Fsp3) is 0. The molecule has 0 amide bonds. The van der Waals surface area contributed by atoms with Crippen LogP contribution in [-0.2, 0) is 0 Å². The monoisotopic (exact) mass is 252 g/mol. The Hall–Kier alpha value is -2.10. The molecule has 2 aromatic rings. The molecule has 0 N–H and O–H groups in total. The van der Waals surface area contributed by atoms with Crippen LogP contribution in [0.4, 0.5) is 17.6 Å². The molecule has 0 aromatic heterocycles. The van der Waals surface area contributed by atoms with E-state index < -0.39 is 12.2 Å². The minimum absolute atomic E-state index is 0.223. The van der Waals surface area contributed by atoms with Crippen molar-refractivity contribution in [3.63, 3.8) is 0 Å². The zero-order chi connectivity index (χ0) is 13.1. The van der Waals surface area contributed by atoms with Crippen molar-refractivity contribution < 1.29 is 17.6 Å². The lowest BCUT2D eigenvalue weighted by Crippen LogP contribution is -1.83. The minimum Gasteiger partial charge on any atom is -0.173 e. The minimum atomic E-state index is -1.86. The lowest BCUT2D eigenvalue weighted by atomic mass is 9.99. The molecule has 0 saturated heterocycles. The largest absolute Gasteiger partial charge is 0.270 e. The van der Waals surface area contributed by atoms with Gasteiger partial charge in [0.2, 0.25) is 0 Å². The summed E-state index contributed by atoms with van der Waals surface area (Å²) in [6.07, 6.45) is -2.37. The van der Waals surface area contributed by atoms with Gasteiger partial charge in [0.1, 0.15) is 0 Å². The van der Waals surface area contributed by atoms with Gasteiger partial charge in [0, 0.05) is 12.2 Å².